The van der Waals surface area contributed by atoms with Crippen molar-refractivity contribution in [3.05, 3.63) is 23.2 Å². The molecule has 0 aromatic carbocycles. The molecule has 0 aliphatic rings. The fourth-order valence-corrected chi connectivity index (χ4v) is 1.88. The maximum atomic E-state index is 11.5. The molecule has 1 heterocycles. The largest absolute Gasteiger partial charge is 0.465 e. The van der Waals surface area contributed by atoms with Gasteiger partial charge in [-0.15, -0.1) is 0 Å². The smallest absolute Gasteiger partial charge is 0.341 e. The molecule has 0 amide bonds. The molecule has 1 rings (SSSR count). The summed E-state index contributed by atoms with van der Waals surface area (Å²) in [5.74, 6) is 0.862. The van der Waals surface area contributed by atoms with Crippen LogP contribution in [0.1, 0.15) is 48.6 Å². The number of furan rings is 1. The van der Waals surface area contributed by atoms with Crippen LogP contribution in [0, 0.1) is 6.92 Å². The standard InChI is InChI=1S/C14H23NO4/c1-5-14(3,6-7-16)15-9-11-8-12(10(2)19-11)13(17)18-4/h8,15-16H,5-7,9H2,1-4H3. The molecule has 0 spiro atoms. The molecule has 1 aromatic rings. The van der Waals surface area contributed by atoms with E-state index in [1.165, 1.54) is 7.11 Å². The van der Waals surface area contributed by atoms with E-state index in [-0.39, 0.29) is 18.1 Å². The summed E-state index contributed by atoms with van der Waals surface area (Å²) in [4.78, 5) is 11.5. The number of hydrogen-bond donors (Lipinski definition) is 2. The molecule has 1 aromatic heterocycles. The number of nitrogens with one attached hydrogen (secondary N) is 1. The Labute approximate surface area is 113 Å². The molecule has 0 fully saturated rings. The minimum atomic E-state index is -0.388. The van der Waals surface area contributed by atoms with E-state index in [4.69, 9.17) is 9.52 Å². The lowest BCUT2D eigenvalue weighted by molar-refractivity contribution is 0.0599. The summed E-state index contributed by atoms with van der Waals surface area (Å²) in [6, 6.07) is 1.70. The number of aryl methyl sites for hydroxylation is 1. The fraction of sp³-hybridized carbons (Fsp3) is 0.643. The van der Waals surface area contributed by atoms with Gasteiger partial charge in [0.2, 0.25) is 0 Å². The molecule has 5 heteroatoms. The zero-order chi connectivity index (χ0) is 14.5. The molecule has 19 heavy (non-hydrogen) atoms. The van der Waals surface area contributed by atoms with Crippen LogP contribution < -0.4 is 5.32 Å². The number of esters is 1. The van der Waals surface area contributed by atoms with Gasteiger partial charge in [0.05, 0.1) is 13.7 Å². The quantitative estimate of drug-likeness (QED) is 0.741. The van der Waals surface area contributed by atoms with Crippen molar-refractivity contribution in [1.29, 1.82) is 0 Å². The topological polar surface area (TPSA) is 71.7 Å². The molecule has 2 N–H and O–H groups in total. The average molecular weight is 269 g/mol. The Hall–Kier alpha value is -1.33. The molecule has 0 aliphatic heterocycles. The highest BCUT2D eigenvalue weighted by Crippen LogP contribution is 2.18. The number of aliphatic hydroxyl groups is 1. The van der Waals surface area contributed by atoms with Crippen LogP contribution in [0.3, 0.4) is 0 Å². The number of carbonyl (C=O) groups is 1. The number of carbonyl (C=O) groups excluding carboxylic acids is 1. The first-order valence-corrected chi connectivity index (χ1v) is 6.49. The monoisotopic (exact) mass is 269 g/mol. The molecule has 0 saturated carbocycles. The first-order valence-electron chi connectivity index (χ1n) is 6.49. The molecular weight excluding hydrogens is 246 g/mol. The Morgan fingerprint density at radius 1 is 1.58 bits per heavy atom. The SMILES string of the molecule is CCC(C)(CCO)NCc1cc(C(=O)OC)c(C)o1. The van der Waals surface area contributed by atoms with Crippen LogP contribution in [-0.4, -0.2) is 30.3 Å². The first-order chi connectivity index (χ1) is 8.95. The zero-order valence-electron chi connectivity index (χ0n) is 12.1. The Balaban J connectivity index is 2.70. The van der Waals surface area contributed by atoms with Gasteiger partial charge in [0.15, 0.2) is 0 Å². The van der Waals surface area contributed by atoms with E-state index in [9.17, 15) is 4.79 Å². The molecule has 1 unspecified atom stereocenters. The normalized spacial score (nSPS) is 14.2. The molecule has 0 radical (unpaired) electrons. The lowest BCUT2D eigenvalue weighted by Gasteiger charge is -2.28. The van der Waals surface area contributed by atoms with Gasteiger partial charge in [0.25, 0.3) is 0 Å². The van der Waals surface area contributed by atoms with Gasteiger partial charge in [-0.2, -0.15) is 0 Å². The van der Waals surface area contributed by atoms with E-state index in [1.54, 1.807) is 13.0 Å². The maximum Gasteiger partial charge on any atom is 0.341 e. The van der Waals surface area contributed by atoms with Gasteiger partial charge >= 0.3 is 5.97 Å². The van der Waals surface area contributed by atoms with E-state index in [1.807, 2.05) is 0 Å². The summed E-state index contributed by atoms with van der Waals surface area (Å²) >= 11 is 0. The van der Waals surface area contributed by atoms with Crippen molar-refractivity contribution in [1.82, 2.24) is 5.32 Å². The minimum Gasteiger partial charge on any atom is -0.465 e. The van der Waals surface area contributed by atoms with E-state index >= 15 is 0 Å². The number of hydrogen-bond acceptors (Lipinski definition) is 5. The third-order valence-electron chi connectivity index (χ3n) is 3.51. The van der Waals surface area contributed by atoms with Crippen molar-refractivity contribution in [3.8, 4) is 0 Å². The number of aliphatic hydroxyl groups excluding tert-OH is 1. The Kier molecular flexibility index (Phi) is 5.57. The Morgan fingerprint density at radius 3 is 2.79 bits per heavy atom. The average Bonchev–Trinajstić information content (AvgIpc) is 2.77. The number of ether oxygens (including phenoxy) is 1. The van der Waals surface area contributed by atoms with Crippen molar-refractivity contribution < 1.29 is 19.1 Å². The molecule has 0 saturated heterocycles. The lowest BCUT2D eigenvalue weighted by atomic mass is 9.95. The van der Waals surface area contributed by atoms with Crippen molar-refractivity contribution in [2.24, 2.45) is 0 Å². The minimum absolute atomic E-state index is 0.138. The van der Waals surface area contributed by atoms with Gasteiger partial charge in [-0.05, 0) is 32.8 Å². The van der Waals surface area contributed by atoms with Crippen molar-refractivity contribution in [3.63, 3.8) is 0 Å². The first kappa shape index (κ1) is 15.7. The maximum absolute atomic E-state index is 11.5. The van der Waals surface area contributed by atoms with Crippen LogP contribution in [0.15, 0.2) is 10.5 Å². The summed E-state index contributed by atoms with van der Waals surface area (Å²) in [6.07, 6.45) is 1.57. The van der Waals surface area contributed by atoms with Gasteiger partial charge in [-0.25, -0.2) is 4.79 Å². The predicted octanol–water partition coefficient (Wildman–Crippen LogP) is 2.02. The van der Waals surface area contributed by atoms with Crippen LogP contribution in [0.5, 0.6) is 0 Å². The van der Waals surface area contributed by atoms with Crippen LogP contribution in [-0.2, 0) is 11.3 Å². The predicted molar refractivity (Wildman–Crippen MR) is 72.0 cm³/mol. The molecule has 0 bridgehead atoms. The summed E-state index contributed by atoms with van der Waals surface area (Å²) < 4.78 is 10.2. The fourth-order valence-electron chi connectivity index (χ4n) is 1.88. The van der Waals surface area contributed by atoms with Gasteiger partial charge in [-0.1, -0.05) is 6.92 Å². The summed E-state index contributed by atoms with van der Waals surface area (Å²) in [7, 11) is 1.35. The molecule has 1 atom stereocenters. The third kappa shape index (κ3) is 4.08. The Bertz CT molecular complexity index is 427. The van der Waals surface area contributed by atoms with Gasteiger partial charge in [-0.3, -0.25) is 0 Å². The van der Waals surface area contributed by atoms with Crippen molar-refractivity contribution in [2.75, 3.05) is 13.7 Å². The second kappa shape index (κ2) is 6.73. The highest BCUT2D eigenvalue weighted by atomic mass is 16.5. The summed E-state index contributed by atoms with van der Waals surface area (Å²) in [5, 5.41) is 12.4. The molecular formula is C14H23NO4. The van der Waals surface area contributed by atoms with Gasteiger partial charge in [0.1, 0.15) is 17.1 Å². The Morgan fingerprint density at radius 2 is 2.26 bits per heavy atom. The zero-order valence-corrected chi connectivity index (χ0v) is 12.1. The van der Waals surface area contributed by atoms with Crippen LogP contribution in [0.2, 0.25) is 0 Å². The highest BCUT2D eigenvalue weighted by Gasteiger charge is 2.22. The molecule has 0 aliphatic carbocycles. The second-order valence-electron chi connectivity index (χ2n) is 4.92. The van der Waals surface area contributed by atoms with Gasteiger partial charge in [0, 0.05) is 12.1 Å². The lowest BCUT2D eigenvalue weighted by Crippen LogP contribution is -2.41. The highest BCUT2D eigenvalue weighted by molar-refractivity contribution is 5.90. The van der Waals surface area contributed by atoms with Crippen molar-refractivity contribution >= 4 is 5.97 Å². The van der Waals surface area contributed by atoms with E-state index < -0.39 is 0 Å². The van der Waals surface area contributed by atoms with Crippen LogP contribution in [0.4, 0.5) is 0 Å². The molecule has 108 valence electrons. The summed E-state index contributed by atoms with van der Waals surface area (Å²) in [6.45, 7) is 6.52. The summed E-state index contributed by atoms with van der Waals surface area (Å²) in [5.41, 5.74) is 0.320. The van der Waals surface area contributed by atoms with Gasteiger partial charge < -0.3 is 19.6 Å². The molecule has 5 nitrogen and oxygen atoms in total. The van der Waals surface area contributed by atoms with Crippen LogP contribution >= 0.6 is 0 Å². The van der Waals surface area contributed by atoms with Crippen molar-refractivity contribution in [2.45, 2.75) is 45.7 Å². The van der Waals surface area contributed by atoms with Crippen LogP contribution in [0.25, 0.3) is 0 Å². The number of methoxy groups -OCH3 is 1. The van der Waals surface area contributed by atoms with E-state index in [0.717, 1.165) is 6.42 Å². The van der Waals surface area contributed by atoms with E-state index in [0.29, 0.717) is 30.0 Å². The number of rotatable bonds is 7. The van der Waals surface area contributed by atoms with E-state index in [2.05, 4.69) is 23.9 Å². The third-order valence-corrected chi connectivity index (χ3v) is 3.51. The second-order valence-corrected chi connectivity index (χ2v) is 4.92.